The topological polar surface area (TPSA) is 94.6 Å². The molecule has 0 fully saturated rings. The Morgan fingerprint density at radius 2 is 1.85 bits per heavy atom. The summed E-state index contributed by atoms with van der Waals surface area (Å²) in [7, 11) is 0. The molecule has 3 aromatic rings. The van der Waals surface area contributed by atoms with Crippen LogP contribution in [0.5, 0.6) is 5.75 Å². The van der Waals surface area contributed by atoms with Gasteiger partial charge in [0.25, 0.3) is 11.6 Å². The third kappa shape index (κ3) is 4.07. The van der Waals surface area contributed by atoms with E-state index in [2.05, 4.69) is 5.32 Å². The monoisotopic (exact) mass is 352 g/mol. The standard InChI is InChI=1S/C19H16N2O5/c1-13-4-2-3-5-17(13)25-12-16-10-11-18(26-16)19(22)20-14-6-8-15(9-7-14)21(23)24/h2-11H,12H2,1H3,(H,20,22). The lowest BCUT2D eigenvalue weighted by Crippen LogP contribution is -2.10. The number of hydrogen-bond acceptors (Lipinski definition) is 5. The molecule has 26 heavy (non-hydrogen) atoms. The van der Waals surface area contributed by atoms with Gasteiger partial charge < -0.3 is 14.5 Å². The number of benzene rings is 2. The van der Waals surface area contributed by atoms with Crippen LogP contribution in [0.15, 0.2) is 65.1 Å². The second kappa shape index (κ2) is 7.52. The molecule has 0 aliphatic carbocycles. The van der Waals surface area contributed by atoms with Crippen molar-refractivity contribution in [3.8, 4) is 5.75 Å². The average molecular weight is 352 g/mol. The van der Waals surface area contributed by atoms with Gasteiger partial charge in [-0.3, -0.25) is 14.9 Å². The third-order valence-corrected chi connectivity index (χ3v) is 3.68. The number of rotatable bonds is 6. The Balaban J connectivity index is 1.60. The molecule has 132 valence electrons. The van der Waals surface area contributed by atoms with E-state index in [0.717, 1.165) is 11.3 Å². The van der Waals surface area contributed by atoms with Gasteiger partial charge in [0, 0.05) is 17.8 Å². The number of para-hydroxylation sites is 1. The molecule has 0 atom stereocenters. The molecule has 0 saturated heterocycles. The van der Waals surface area contributed by atoms with Crippen molar-refractivity contribution in [2.75, 3.05) is 5.32 Å². The molecular weight excluding hydrogens is 336 g/mol. The van der Waals surface area contributed by atoms with Gasteiger partial charge in [-0.2, -0.15) is 0 Å². The first kappa shape index (κ1) is 17.2. The van der Waals surface area contributed by atoms with Crippen molar-refractivity contribution in [3.63, 3.8) is 0 Å². The molecule has 1 N–H and O–H groups in total. The number of non-ortho nitro benzene ring substituents is 1. The Hall–Kier alpha value is -3.61. The fourth-order valence-electron chi connectivity index (χ4n) is 2.30. The summed E-state index contributed by atoms with van der Waals surface area (Å²) in [6, 6.07) is 16.4. The first-order valence-corrected chi connectivity index (χ1v) is 7.86. The highest BCUT2D eigenvalue weighted by Crippen LogP contribution is 2.20. The van der Waals surface area contributed by atoms with E-state index in [1.807, 2.05) is 31.2 Å². The minimum Gasteiger partial charge on any atom is -0.485 e. The van der Waals surface area contributed by atoms with Crippen LogP contribution in [0.25, 0.3) is 0 Å². The number of anilines is 1. The molecule has 0 unspecified atom stereocenters. The van der Waals surface area contributed by atoms with Gasteiger partial charge in [-0.15, -0.1) is 0 Å². The van der Waals surface area contributed by atoms with E-state index >= 15 is 0 Å². The number of amides is 1. The number of aryl methyl sites for hydroxylation is 1. The highest BCUT2D eigenvalue weighted by Gasteiger charge is 2.13. The molecule has 0 saturated carbocycles. The van der Waals surface area contributed by atoms with E-state index < -0.39 is 10.8 Å². The summed E-state index contributed by atoms with van der Waals surface area (Å²) in [6.45, 7) is 2.15. The molecular formula is C19H16N2O5. The first-order chi connectivity index (χ1) is 12.5. The number of furan rings is 1. The van der Waals surface area contributed by atoms with Gasteiger partial charge in [0.1, 0.15) is 18.1 Å². The Bertz CT molecular complexity index is 931. The van der Waals surface area contributed by atoms with Crippen molar-refractivity contribution in [3.05, 3.63) is 87.9 Å². The van der Waals surface area contributed by atoms with E-state index in [-0.39, 0.29) is 18.1 Å². The maximum Gasteiger partial charge on any atom is 0.291 e. The smallest absolute Gasteiger partial charge is 0.291 e. The molecule has 0 aliphatic heterocycles. The lowest BCUT2D eigenvalue weighted by molar-refractivity contribution is -0.384. The SMILES string of the molecule is Cc1ccccc1OCc1ccc(C(=O)Nc2ccc([N+](=O)[O-])cc2)o1. The highest BCUT2D eigenvalue weighted by molar-refractivity contribution is 6.02. The molecule has 7 heteroatoms. The number of hydrogen-bond donors (Lipinski definition) is 1. The molecule has 0 radical (unpaired) electrons. The summed E-state index contributed by atoms with van der Waals surface area (Å²) < 4.78 is 11.2. The summed E-state index contributed by atoms with van der Waals surface area (Å²) in [5.74, 6) is 0.954. The van der Waals surface area contributed by atoms with Gasteiger partial charge in [0.15, 0.2) is 5.76 Å². The minimum absolute atomic E-state index is 0.0448. The molecule has 1 heterocycles. The number of carbonyl (C=O) groups excluding carboxylic acids is 1. The van der Waals surface area contributed by atoms with Crippen LogP contribution in [0.2, 0.25) is 0 Å². The van der Waals surface area contributed by atoms with Crippen molar-refractivity contribution in [2.45, 2.75) is 13.5 Å². The van der Waals surface area contributed by atoms with Crippen LogP contribution in [0.3, 0.4) is 0 Å². The molecule has 3 rings (SSSR count). The number of ether oxygens (including phenoxy) is 1. The van der Waals surface area contributed by atoms with Crippen molar-refractivity contribution in [1.29, 1.82) is 0 Å². The Labute approximate surface area is 149 Å². The maximum absolute atomic E-state index is 12.2. The van der Waals surface area contributed by atoms with Crippen molar-refractivity contribution < 1.29 is 18.9 Å². The third-order valence-electron chi connectivity index (χ3n) is 3.68. The largest absolute Gasteiger partial charge is 0.485 e. The lowest BCUT2D eigenvalue weighted by atomic mass is 10.2. The molecule has 7 nitrogen and oxygen atoms in total. The maximum atomic E-state index is 12.2. The van der Waals surface area contributed by atoms with Crippen LogP contribution >= 0.6 is 0 Å². The van der Waals surface area contributed by atoms with Gasteiger partial charge in [-0.1, -0.05) is 18.2 Å². The van der Waals surface area contributed by atoms with E-state index in [9.17, 15) is 14.9 Å². The van der Waals surface area contributed by atoms with Crippen molar-refractivity contribution in [2.24, 2.45) is 0 Å². The summed E-state index contributed by atoms with van der Waals surface area (Å²) in [6.07, 6.45) is 0. The fraction of sp³-hybridized carbons (Fsp3) is 0.105. The molecule has 0 bridgehead atoms. The highest BCUT2D eigenvalue weighted by atomic mass is 16.6. The van der Waals surface area contributed by atoms with E-state index in [0.29, 0.717) is 11.4 Å². The van der Waals surface area contributed by atoms with Gasteiger partial charge >= 0.3 is 0 Å². The predicted octanol–water partition coefficient (Wildman–Crippen LogP) is 4.33. The molecule has 1 aromatic heterocycles. The van der Waals surface area contributed by atoms with Gasteiger partial charge in [0.2, 0.25) is 0 Å². The number of nitrogens with one attached hydrogen (secondary N) is 1. The van der Waals surface area contributed by atoms with Crippen molar-refractivity contribution >= 4 is 17.3 Å². The predicted molar refractivity (Wildman–Crippen MR) is 95.3 cm³/mol. The molecule has 1 amide bonds. The van der Waals surface area contributed by atoms with Crippen LogP contribution in [0.1, 0.15) is 21.9 Å². The molecule has 0 spiro atoms. The zero-order valence-electron chi connectivity index (χ0n) is 14.0. The van der Waals surface area contributed by atoms with Gasteiger partial charge in [0.05, 0.1) is 4.92 Å². The average Bonchev–Trinajstić information content (AvgIpc) is 3.11. The number of carbonyl (C=O) groups is 1. The normalized spacial score (nSPS) is 10.3. The van der Waals surface area contributed by atoms with Crippen molar-refractivity contribution in [1.82, 2.24) is 0 Å². The van der Waals surface area contributed by atoms with E-state index in [4.69, 9.17) is 9.15 Å². The zero-order chi connectivity index (χ0) is 18.5. The van der Waals surface area contributed by atoms with Crippen LogP contribution in [0, 0.1) is 17.0 Å². The summed E-state index contributed by atoms with van der Waals surface area (Å²) in [5, 5.41) is 13.3. The summed E-state index contributed by atoms with van der Waals surface area (Å²) >= 11 is 0. The first-order valence-electron chi connectivity index (χ1n) is 7.86. The molecule has 0 aliphatic rings. The minimum atomic E-state index is -0.501. The summed E-state index contributed by atoms with van der Waals surface area (Å²) in [4.78, 5) is 22.3. The van der Waals surface area contributed by atoms with E-state index in [1.165, 1.54) is 24.3 Å². The zero-order valence-corrected chi connectivity index (χ0v) is 14.0. The van der Waals surface area contributed by atoms with E-state index in [1.54, 1.807) is 12.1 Å². The number of nitrogens with zero attached hydrogens (tertiary/aromatic N) is 1. The number of nitro benzene ring substituents is 1. The number of nitro groups is 1. The van der Waals surface area contributed by atoms with Crippen LogP contribution in [0.4, 0.5) is 11.4 Å². The second-order valence-corrected chi connectivity index (χ2v) is 5.58. The van der Waals surface area contributed by atoms with Crippen LogP contribution < -0.4 is 10.1 Å². The quantitative estimate of drug-likeness (QED) is 0.526. The Morgan fingerprint density at radius 1 is 1.12 bits per heavy atom. The summed E-state index contributed by atoms with van der Waals surface area (Å²) in [5.41, 5.74) is 1.40. The Kier molecular flexibility index (Phi) is 4.98. The van der Waals surface area contributed by atoms with Crippen LogP contribution in [-0.4, -0.2) is 10.8 Å². The second-order valence-electron chi connectivity index (χ2n) is 5.58. The Morgan fingerprint density at radius 3 is 2.54 bits per heavy atom. The van der Waals surface area contributed by atoms with Crippen LogP contribution in [-0.2, 0) is 6.61 Å². The van der Waals surface area contributed by atoms with Gasteiger partial charge in [-0.05, 0) is 42.8 Å². The van der Waals surface area contributed by atoms with Gasteiger partial charge in [-0.25, -0.2) is 0 Å². The fourth-order valence-corrected chi connectivity index (χ4v) is 2.30. The lowest BCUT2D eigenvalue weighted by Gasteiger charge is -2.07. The molecule has 2 aromatic carbocycles.